The van der Waals surface area contributed by atoms with Crippen LogP contribution in [0.25, 0.3) is 0 Å². The van der Waals surface area contributed by atoms with Crippen LogP contribution in [0.2, 0.25) is 0 Å². The minimum Gasteiger partial charge on any atom is -0.358 e. The van der Waals surface area contributed by atoms with Crippen LogP contribution < -0.4 is 0 Å². The molecule has 0 aromatic carbocycles. The van der Waals surface area contributed by atoms with Gasteiger partial charge in [-0.15, -0.1) is 0 Å². The number of nitriles is 1. The first-order chi connectivity index (χ1) is 7.47. The predicted octanol–water partition coefficient (Wildman–Crippen LogP) is 2.76. The van der Waals surface area contributed by atoms with E-state index in [2.05, 4.69) is 20.9 Å². The molecule has 1 heterocycles. The van der Waals surface area contributed by atoms with E-state index < -0.39 is 22.7 Å². The fourth-order valence-corrected chi connectivity index (χ4v) is 1.56. The molecule has 0 unspecified atom stereocenters. The molecule has 84 valence electrons. The van der Waals surface area contributed by atoms with Gasteiger partial charge in [-0.2, -0.15) is 5.26 Å². The summed E-state index contributed by atoms with van der Waals surface area (Å²) in [5.41, 5.74) is -0.584. The van der Waals surface area contributed by atoms with Crippen molar-refractivity contribution in [3.63, 3.8) is 0 Å². The molecule has 0 atom stereocenters. The second-order valence-corrected chi connectivity index (χ2v) is 3.53. The minimum absolute atomic E-state index is 0.0484. The number of halogens is 3. The van der Waals surface area contributed by atoms with Gasteiger partial charge in [-0.1, -0.05) is 0 Å². The maximum atomic E-state index is 12.5. The van der Waals surface area contributed by atoms with E-state index in [4.69, 9.17) is 5.26 Å². The molecule has 5 nitrogen and oxygen atoms in total. The predicted molar refractivity (Wildman–Crippen MR) is 52.9 cm³/mol. The Hall–Kier alpha value is -1.62. The summed E-state index contributed by atoms with van der Waals surface area (Å²) in [6, 6.07) is 2.67. The lowest BCUT2D eigenvalue weighted by Gasteiger charge is -2.03. The first-order valence-corrected chi connectivity index (χ1v) is 4.75. The lowest BCUT2D eigenvalue weighted by atomic mass is 10.2. The lowest BCUT2D eigenvalue weighted by molar-refractivity contribution is -0.390. The van der Waals surface area contributed by atoms with Gasteiger partial charge in [0.1, 0.15) is 10.9 Å². The van der Waals surface area contributed by atoms with Gasteiger partial charge >= 0.3 is 5.82 Å². The van der Waals surface area contributed by atoms with Crippen LogP contribution in [0.3, 0.4) is 0 Å². The Morgan fingerprint density at radius 3 is 2.75 bits per heavy atom. The quantitative estimate of drug-likeness (QED) is 0.633. The van der Waals surface area contributed by atoms with E-state index in [1.165, 1.54) is 0 Å². The molecule has 0 fully saturated rings. The average molecular weight is 292 g/mol. The van der Waals surface area contributed by atoms with E-state index >= 15 is 0 Å². The fourth-order valence-electron chi connectivity index (χ4n) is 1.04. The second-order valence-electron chi connectivity index (χ2n) is 2.73. The van der Waals surface area contributed by atoms with E-state index in [1.807, 2.05) is 0 Å². The Kier molecular flexibility index (Phi) is 3.84. The summed E-state index contributed by atoms with van der Waals surface area (Å²) in [6.07, 6.45) is -3.12. The number of nitro groups is 1. The van der Waals surface area contributed by atoms with Crippen molar-refractivity contribution < 1.29 is 13.7 Å². The van der Waals surface area contributed by atoms with Gasteiger partial charge in [0, 0.05) is 5.56 Å². The summed E-state index contributed by atoms with van der Waals surface area (Å²) < 4.78 is 24.7. The van der Waals surface area contributed by atoms with E-state index in [0.29, 0.717) is 0 Å². The van der Waals surface area contributed by atoms with Crippen LogP contribution in [-0.4, -0.2) is 9.91 Å². The van der Waals surface area contributed by atoms with Crippen molar-refractivity contribution in [2.75, 3.05) is 0 Å². The monoisotopic (exact) mass is 291 g/mol. The Morgan fingerprint density at radius 2 is 2.31 bits per heavy atom. The van der Waals surface area contributed by atoms with Gasteiger partial charge in [0.25, 0.3) is 6.43 Å². The first kappa shape index (κ1) is 12.4. The number of rotatable bonds is 3. The molecule has 1 aromatic heterocycles. The van der Waals surface area contributed by atoms with Crippen molar-refractivity contribution in [1.29, 1.82) is 5.26 Å². The summed E-state index contributed by atoms with van der Waals surface area (Å²) >= 11 is 2.70. The smallest absolute Gasteiger partial charge is 0.358 e. The number of alkyl halides is 2. The average Bonchev–Trinajstić information content (AvgIpc) is 2.19. The maximum Gasteiger partial charge on any atom is 0.378 e. The molecule has 16 heavy (non-hydrogen) atoms. The summed E-state index contributed by atoms with van der Waals surface area (Å²) in [5.74, 6) is -0.706. The van der Waals surface area contributed by atoms with Crippen LogP contribution in [0.15, 0.2) is 10.5 Å². The first-order valence-electron chi connectivity index (χ1n) is 3.96. The molecule has 0 spiro atoms. The van der Waals surface area contributed by atoms with Crippen LogP contribution in [0.5, 0.6) is 0 Å². The normalized spacial score (nSPS) is 10.2. The molecule has 0 saturated heterocycles. The molecule has 0 amide bonds. The van der Waals surface area contributed by atoms with Gasteiger partial charge in [0.2, 0.25) is 0 Å². The van der Waals surface area contributed by atoms with Crippen LogP contribution in [0.1, 0.15) is 17.7 Å². The molecular weight excluding hydrogens is 288 g/mol. The zero-order chi connectivity index (χ0) is 12.3. The third kappa shape index (κ3) is 2.49. The van der Waals surface area contributed by atoms with Crippen LogP contribution in [0, 0.1) is 21.4 Å². The van der Waals surface area contributed by atoms with Crippen LogP contribution >= 0.6 is 15.9 Å². The highest BCUT2D eigenvalue weighted by Gasteiger charge is 2.25. The lowest BCUT2D eigenvalue weighted by Crippen LogP contribution is -2.01. The van der Waals surface area contributed by atoms with Crippen molar-refractivity contribution in [3.8, 4) is 6.07 Å². The molecule has 0 saturated carbocycles. The molecule has 0 aliphatic heterocycles. The van der Waals surface area contributed by atoms with Gasteiger partial charge in [-0.3, -0.25) is 0 Å². The van der Waals surface area contributed by atoms with Crippen molar-refractivity contribution in [2.45, 2.75) is 12.8 Å². The molecular formula is C8H4BrF2N3O2. The third-order valence-corrected chi connectivity index (χ3v) is 2.50. The topological polar surface area (TPSA) is 79.8 Å². The SMILES string of the molecule is N#CCc1cc(C(F)F)c(Br)c([N+](=O)[O-])n1. The van der Waals surface area contributed by atoms with Crippen molar-refractivity contribution in [2.24, 2.45) is 0 Å². The highest BCUT2D eigenvalue weighted by Crippen LogP contribution is 2.33. The van der Waals surface area contributed by atoms with Gasteiger partial charge in [0.05, 0.1) is 6.07 Å². The van der Waals surface area contributed by atoms with Crippen molar-refractivity contribution in [1.82, 2.24) is 4.98 Å². The zero-order valence-corrected chi connectivity index (χ0v) is 9.24. The molecule has 8 heteroatoms. The number of aromatic nitrogens is 1. The standard InChI is InChI=1S/C8H4BrF2N3O2/c9-6-5(7(10)11)3-4(1-2-12)13-8(6)14(15)16/h3,7H,1H2. The molecule has 0 bridgehead atoms. The molecule has 0 radical (unpaired) electrons. The molecule has 0 aliphatic carbocycles. The van der Waals surface area contributed by atoms with E-state index in [-0.39, 0.29) is 16.6 Å². The largest absolute Gasteiger partial charge is 0.378 e. The number of nitrogens with zero attached hydrogens (tertiary/aromatic N) is 3. The highest BCUT2D eigenvalue weighted by molar-refractivity contribution is 9.10. The van der Waals surface area contributed by atoms with Crippen LogP contribution in [-0.2, 0) is 6.42 Å². The Bertz CT molecular complexity index is 473. The Morgan fingerprint density at radius 1 is 1.69 bits per heavy atom. The van der Waals surface area contributed by atoms with Gasteiger partial charge < -0.3 is 10.1 Å². The fraction of sp³-hybridized carbons (Fsp3) is 0.250. The highest BCUT2D eigenvalue weighted by atomic mass is 79.9. The summed E-state index contributed by atoms with van der Waals surface area (Å²) in [5, 5.41) is 18.9. The zero-order valence-electron chi connectivity index (χ0n) is 7.65. The Balaban J connectivity index is 3.40. The maximum absolute atomic E-state index is 12.5. The second kappa shape index (κ2) is 4.94. The van der Waals surface area contributed by atoms with E-state index in [0.717, 1.165) is 6.07 Å². The third-order valence-electron chi connectivity index (χ3n) is 1.69. The summed E-state index contributed by atoms with van der Waals surface area (Å²) in [7, 11) is 0. The number of pyridine rings is 1. The molecule has 0 aliphatic rings. The van der Waals surface area contributed by atoms with E-state index in [9.17, 15) is 18.9 Å². The van der Waals surface area contributed by atoms with Gasteiger partial charge in [0.15, 0.2) is 5.69 Å². The number of hydrogen-bond donors (Lipinski definition) is 0. The van der Waals surface area contributed by atoms with Gasteiger partial charge in [-0.25, -0.2) is 8.78 Å². The van der Waals surface area contributed by atoms with Crippen LogP contribution in [0.4, 0.5) is 14.6 Å². The number of hydrogen-bond acceptors (Lipinski definition) is 4. The van der Waals surface area contributed by atoms with E-state index in [1.54, 1.807) is 6.07 Å². The Labute approximate surface area is 97.0 Å². The van der Waals surface area contributed by atoms with Crippen molar-refractivity contribution in [3.05, 3.63) is 31.9 Å². The molecule has 1 aromatic rings. The summed E-state index contributed by atoms with van der Waals surface area (Å²) in [4.78, 5) is 13.2. The summed E-state index contributed by atoms with van der Waals surface area (Å²) in [6.45, 7) is 0. The minimum atomic E-state index is -2.87. The molecule has 0 N–H and O–H groups in total. The molecule has 1 rings (SSSR count). The van der Waals surface area contributed by atoms with Crippen molar-refractivity contribution >= 4 is 21.7 Å². The van der Waals surface area contributed by atoms with Gasteiger partial charge in [-0.05, 0) is 31.9 Å².